The largest absolute Gasteiger partial charge is 0.455 e. The van der Waals surface area contributed by atoms with E-state index in [2.05, 4.69) is 5.32 Å². The molecule has 44 heavy (non-hydrogen) atoms. The highest BCUT2D eigenvalue weighted by Gasteiger charge is 2.22. The molecule has 0 fully saturated rings. The Morgan fingerprint density at radius 1 is 0.795 bits per heavy atom. The summed E-state index contributed by atoms with van der Waals surface area (Å²) in [6.45, 7) is 8.37. The maximum Gasteiger partial charge on any atom is 0.251 e. The molecule has 0 radical (unpaired) electrons. The molecule has 1 amide bonds. The highest BCUT2D eigenvalue weighted by molar-refractivity contribution is 6.13. The van der Waals surface area contributed by atoms with Crippen LogP contribution in [0.2, 0.25) is 0 Å². The second kappa shape index (κ2) is 13.2. The molecule has 1 heterocycles. The predicted octanol–water partition coefficient (Wildman–Crippen LogP) is 9.53. The Labute approximate surface area is 257 Å². The van der Waals surface area contributed by atoms with Crippen LogP contribution in [-0.4, -0.2) is 24.0 Å². The normalized spacial score (nSPS) is 11.2. The van der Waals surface area contributed by atoms with E-state index in [4.69, 9.17) is 4.42 Å². The number of halogens is 1. The summed E-state index contributed by atoms with van der Waals surface area (Å²) in [5.74, 6) is 0.0983. The van der Waals surface area contributed by atoms with Gasteiger partial charge in [-0.25, -0.2) is 4.39 Å². The summed E-state index contributed by atoms with van der Waals surface area (Å²) in [5.41, 5.74) is 5.86. The molecule has 0 saturated carbocycles. The maximum absolute atomic E-state index is 13.6. The lowest BCUT2D eigenvalue weighted by Crippen LogP contribution is -2.27. The van der Waals surface area contributed by atoms with Crippen LogP contribution in [0.5, 0.6) is 0 Å². The van der Waals surface area contributed by atoms with E-state index in [1.165, 1.54) is 12.1 Å². The van der Waals surface area contributed by atoms with Gasteiger partial charge in [-0.15, -0.1) is 0 Å². The molecule has 0 unspecified atom stereocenters. The second-order valence-electron chi connectivity index (χ2n) is 11.4. The fourth-order valence-electron chi connectivity index (χ4n) is 5.32. The van der Waals surface area contributed by atoms with Crippen LogP contribution in [0.15, 0.2) is 89.3 Å². The number of rotatable bonds is 11. The van der Waals surface area contributed by atoms with Crippen molar-refractivity contribution in [3.8, 4) is 33.6 Å². The average molecular weight is 590 g/mol. The molecular weight excluding hydrogens is 553 g/mol. The molecule has 0 saturated heterocycles. The van der Waals surface area contributed by atoms with Crippen LogP contribution in [0.1, 0.15) is 78.0 Å². The van der Waals surface area contributed by atoms with Crippen molar-refractivity contribution in [2.75, 3.05) is 6.54 Å². The number of hydrogen-bond donors (Lipinski definition) is 1. The fraction of sp³-hybridized carbons (Fsp3) is 0.237. The van der Waals surface area contributed by atoms with E-state index in [9.17, 15) is 18.8 Å². The molecule has 0 atom stereocenters. The first-order valence-electron chi connectivity index (χ1n) is 15.1. The summed E-state index contributed by atoms with van der Waals surface area (Å²) in [4.78, 5) is 39.4. The summed E-state index contributed by atoms with van der Waals surface area (Å²) < 4.78 is 19.8. The minimum Gasteiger partial charge on any atom is -0.455 e. The van der Waals surface area contributed by atoms with Gasteiger partial charge in [0.15, 0.2) is 11.6 Å². The highest BCUT2D eigenvalue weighted by atomic mass is 19.1. The lowest BCUT2D eigenvalue weighted by molar-refractivity contribution is 0.0947. The quantitative estimate of drug-likeness (QED) is 0.156. The summed E-state index contributed by atoms with van der Waals surface area (Å²) in [5, 5.41) is 3.70. The van der Waals surface area contributed by atoms with Gasteiger partial charge >= 0.3 is 0 Å². The molecule has 5 aromatic rings. The van der Waals surface area contributed by atoms with Crippen molar-refractivity contribution in [2.24, 2.45) is 5.92 Å². The monoisotopic (exact) mass is 589 g/mol. The third-order valence-electron chi connectivity index (χ3n) is 7.64. The van der Waals surface area contributed by atoms with Gasteiger partial charge in [-0.2, -0.15) is 0 Å². The lowest BCUT2D eigenvalue weighted by atomic mass is 9.92. The van der Waals surface area contributed by atoms with Gasteiger partial charge in [0.2, 0.25) is 0 Å². The van der Waals surface area contributed by atoms with Crippen LogP contribution in [0.3, 0.4) is 0 Å². The maximum atomic E-state index is 13.6. The Balaban J connectivity index is 1.63. The van der Waals surface area contributed by atoms with E-state index < -0.39 is 0 Å². The molecule has 0 bridgehead atoms. The number of benzene rings is 4. The molecule has 0 aliphatic carbocycles. The van der Waals surface area contributed by atoms with Gasteiger partial charge in [0, 0.05) is 41.5 Å². The summed E-state index contributed by atoms with van der Waals surface area (Å²) in [6.07, 6.45) is 1.51. The zero-order chi connectivity index (χ0) is 31.4. The van der Waals surface area contributed by atoms with Crippen molar-refractivity contribution in [1.29, 1.82) is 0 Å². The number of nitrogens with one attached hydrogen (secondary N) is 1. The van der Waals surface area contributed by atoms with Gasteiger partial charge in [0.05, 0.1) is 5.56 Å². The zero-order valence-corrected chi connectivity index (χ0v) is 25.5. The summed E-state index contributed by atoms with van der Waals surface area (Å²) in [7, 11) is 0. The SMILES string of the molecule is CCCC(=O)c1cccc(-c2ccc(-c3ccc4oc(-c5ccc(F)cc5)c(C(=O)CC)c4c3)cc2C(=O)NCC(C)C)c1. The summed E-state index contributed by atoms with van der Waals surface area (Å²) >= 11 is 0. The van der Waals surface area contributed by atoms with Crippen LogP contribution in [-0.2, 0) is 0 Å². The van der Waals surface area contributed by atoms with Gasteiger partial charge in [-0.1, -0.05) is 64.1 Å². The molecule has 0 aliphatic heterocycles. The Kier molecular flexibility index (Phi) is 9.19. The Morgan fingerprint density at radius 3 is 2.20 bits per heavy atom. The molecule has 1 aromatic heterocycles. The van der Waals surface area contributed by atoms with E-state index in [1.54, 1.807) is 19.1 Å². The molecule has 1 N–H and O–H groups in total. The van der Waals surface area contributed by atoms with Gasteiger partial charge in [0.1, 0.15) is 17.2 Å². The predicted molar refractivity (Wildman–Crippen MR) is 174 cm³/mol. The minimum atomic E-state index is -0.369. The molecular formula is C38H36FNO4. The Morgan fingerprint density at radius 2 is 1.50 bits per heavy atom. The standard InChI is InChI=1S/C38H36FNO4/c1-5-8-34(42)28-10-7-9-27(19-28)30-17-13-25(20-31(30)38(43)40-22-23(3)4)26-14-18-35-32(21-26)36(33(41)6-2)37(44-35)24-11-15-29(39)16-12-24/h7,9-21,23H,5-6,8,22H2,1-4H3,(H,40,43). The molecule has 0 spiro atoms. The third-order valence-corrected chi connectivity index (χ3v) is 7.64. The number of furan rings is 1. The van der Waals surface area contributed by atoms with E-state index >= 15 is 0 Å². The molecule has 4 aromatic carbocycles. The van der Waals surface area contributed by atoms with Gasteiger partial charge in [0.25, 0.3) is 5.91 Å². The first kappa shape index (κ1) is 30.6. The van der Waals surface area contributed by atoms with E-state index in [1.807, 2.05) is 81.4 Å². The fourth-order valence-corrected chi connectivity index (χ4v) is 5.32. The van der Waals surface area contributed by atoms with Crippen LogP contribution in [0.4, 0.5) is 4.39 Å². The number of hydrogen-bond acceptors (Lipinski definition) is 4. The van der Waals surface area contributed by atoms with Gasteiger partial charge in [-0.05, 0) is 83.1 Å². The van der Waals surface area contributed by atoms with E-state index in [0.29, 0.717) is 51.9 Å². The number of amides is 1. The first-order valence-corrected chi connectivity index (χ1v) is 15.1. The van der Waals surface area contributed by atoms with Gasteiger partial charge in [-0.3, -0.25) is 14.4 Å². The van der Waals surface area contributed by atoms with E-state index in [0.717, 1.165) is 28.7 Å². The van der Waals surface area contributed by atoms with Crippen LogP contribution < -0.4 is 5.32 Å². The smallest absolute Gasteiger partial charge is 0.251 e. The molecule has 6 heteroatoms. The lowest BCUT2D eigenvalue weighted by Gasteiger charge is -2.15. The second-order valence-corrected chi connectivity index (χ2v) is 11.4. The average Bonchev–Trinajstić information content (AvgIpc) is 3.42. The Hall–Kier alpha value is -4.84. The molecule has 5 rings (SSSR count). The number of carbonyl (C=O) groups excluding carboxylic acids is 3. The van der Waals surface area contributed by atoms with Crippen LogP contribution in [0, 0.1) is 11.7 Å². The molecule has 5 nitrogen and oxygen atoms in total. The number of Topliss-reactive ketones (excluding diaryl/α,β-unsaturated/α-hetero) is 2. The minimum absolute atomic E-state index is 0.0719. The van der Waals surface area contributed by atoms with Gasteiger partial charge < -0.3 is 9.73 Å². The van der Waals surface area contributed by atoms with E-state index in [-0.39, 0.29) is 35.6 Å². The molecule has 0 aliphatic rings. The Bertz CT molecular complexity index is 1850. The van der Waals surface area contributed by atoms with Crippen molar-refractivity contribution >= 4 is 28.4 Å². The van der Waals surface area contributed by atoms with Crippen molar-refractivity contribution in [3.63, 3.8) is 0 Å². The van der Waals surface area contributed by atoms with Crippen molar-refractivity contribution in [3.05, 3.63) is 107 Å². The van der Waals surface area contributed by atoms with Crippen LogP contribution in [0.25, 0.3) is 44.5 Å². The molecule has 224 valence electrons. The third kappa shape index (κ3) is 6.40. The number of carbonyl (C=O) groups is 3. The van der Waals surface area contributed by atoms with Crippen molar-refractivity contribution < 1.29 is 23.2 Å². The van der Waals surface area contributed by atoms with Crippen molar-refractivity contribution in [1.82, 2.24) is 5.32 Å². The number of fused-ring (bicyclic) bond motifs is 1. The topological polar surface area (TPSA) is 76.4 Å². The summed E-state index contributed by atoms with van der Waals surface area (Å²) in [6, 6.07) is 24.6. The highest BCUT2D eigenvalue weighted by Crippen LogP contribution is 2.38. The zero-order valence-electron chi connectivity index (χ0n) is 25.5. The van der Waals surface area contributed by atoms with Crippen LogP contribution >= 0.6 is 0 Å². The first-order chi connectivity index (χ1) is 21.2. The number of ketones is 2. The van der Waals surface area contributed by atoms with Crippen molar-refractivity contribution in [2.45, 2.75) is 47.0 Å².